The fourth-order valence-electron chi connectivity index (χ4n) is 1.38. The van der Waals surface area contributed by atoms with Crippen molar-refractivity contribution in [3.8, 4) is 0 Å². The fraction of sp³-hybridized carbons (Fsp3) is 0.300. The van der Waals surface area contributed by atoms with Gasteiger partial charge in [0, 0.05) is 11.9 Å². The molecule has 0 saturated heterocycles. The van der Waals surface area contributed by atoms with Gasteiger partial charge in [-0.25, -0.2) is 15.8 Å². The van der Waals surface area contributed by atoms with E-state index in [1.54, 1.807) is 23.7 Å². The standard InChI is InChI=1S/C10H14N6S/c1-7-8(17-6-13-7)5-16(2)10-4-12-3-9(14-10)15-11/h3-4,6H,5,11H2,1-2H3,(H,14,15). The van der Waals surface area contributed by atoms with Crippen molar-refractivity contribution >= 4 is 23.0 Å². The Kier molecular flexibility index (Phi) is 3.50. The molecule has 2 aromatic rings. The minimum absolute atomic E-state index is 0.551. The molecule has 6 nitrogen and oxygen atoms in total. The van der Waals surface area contributed by atoms with Gasteiger partial charge >= 0.3 is 0 Å². The predicted octanol–water partition coefficient (Wildman–Crippen LogP) is 1.16. The number of hydrogen-bond acceptors (Lipinski definition) is 7. The van der Waals surface area contributed by atoms with Gasteiger partial charge in [-0.2, -0.15) is 0 Å². The highest BCUT2D eigenvalue weighted by Gasteiger charge is 2.08. The number of aryl methyl sites for hydroxylation is 1. The van der Waals surface area contributed by atoms with Crippen LogP contribution in [-0.2, 0) is 6.54 Å². The zero-order valence-electron chi connectivity index (χ0n) is 9.71. The van der Waals surface area contributed by atoms with Crippen LogP contribution in [0.2, 0.25) is 0 Å². The van der Waals surface area contributed by atoms with Gasteiger partial charge in [-0.15, -0.1) is 11.3 Å². The Labute approximate surface area is 104 Å². The second kappa shape index (κ2) is 5.07. The van der Waals surface area contributed by atoms with E-state index in [2.05, 4.69) is 20.4 Å². The molecule has 2 heterocycles. The van der Waals surface area contributed by atoms with E-state index in [4.69, 9.17) is 5.84 Å². The first-order valence-corrected chi connectivity index (χ1v) is 5.97. The van der Waals surface area contributed by atoms with E-state index in [-0.39, 0.29) is 0 Å². The minimum atomic E-state index is 0.551. The summed E-state index contributed by atoms with van der Waals surface area (Å²) in [7, 11) is 1.96. The van der Waals surface area contributed by atoms with E-state index >= 15 is 0 Å². The van der Waals surface area contributed by atoms with Gasteiger partial charge < -0.3 is 10.3 Å². The van der Waals surface area contributed by atoms with Crippen LogP contribution in [0.15, 0.2) is 17.9 Å². The number of thiazole rings is 1. The Bertz CT molecular complexity index is 497. The molecular formula is C10H14N6S. The molecule has 0 saturated carbocycles. The van der Waals surface area contributed by atoms with Crippen molar-refractivity contribution in [1.82, 2.24) is 15.0 Å². The summed E-state index contributed by atoms with van der Waals surface area (Å²) in [6.07, 6.45) is 3.28. The molecule has 90 valence electrons. The summed E-state index contributed by atoms with van der Waals surface area (Å²) in [4.78, 5) is 15.8. The van der Waals surface area contributed by atoms with Crippen LogP contribution in [0.25, 0.3) is 0 Å². The van der Waals surface area contributed by atoms with Gasteiger partial charge in [-0.1, -0.05) is 0 Å². The highest BCUT2D eigenvalue weighted by Crippen LogP contribution is 2.18. The van der Waals surface area contributed by atoms with Crippen LogP contribution in [0, 0.1) is 6.92 Å². The van der Waals surface area contributed by atoms with Gasteiger partial charge in [-0.05, 0) is 6.92 Å². The molecular weight excluding hydrogens is 236 g/mol. The number of nitrogen functional groups attached to an aromatic ring is 1. The summed E-state index contributed by atoms with van der Waals surface area (Å²) >= 11 is 1.64. The largest absolute Gasteiger partial charge is 0.353 e. The summed E-state index contributed by atoms with van der Waals surface area (Å²) in [6, 6.07) is 0. The van der Waals surface area contributed by atoms with Gasteiger partial charge in [0.1, 0.15) is 5.82 Å². The molecule has 0 amide bonds. The summed E-state index contributed by atoms with van der Waals surface area (Å²) in [5.41, 5.74) is 5.39. The number of nitrogens with two attached hydrogens (primary N) is 1. The summed E-state index contributed by atoms with van der Waals surface area (Å²) in [6.45, 7) is 2.77. The van der Waals surface area contributed by atoms with E-state index in [0.717, 1.165) is 18.1 Å². The summed E-state index contributed by atoms with van der Waals surface area (Å²) in [5, 5.41) is 0. The lowest BCUT2D eigenvalue weighted by molar-refractivity contribution is 0.893. The monoisotopic (exact) mass is 250 g/mol. The molecule has 0 aliphatic carbocycles. The maximum atomic E-state index is 5.30. The highest BCUT2D eigenvalue weighted by atomic mass is 32.1. The lowest BCUT2D eigenvalue weighted by Gasteiger charge is -2.17. The fourth-order valence-corrected chi connectivity index (χ4v) is 2.21. The highest BCUT2D eigenvalue weighted by molar-refractivity contribution is 7.09. The van der Waals surface area contributed by atoms with Crippen LogP contribution < -0.4 is 16.2 Å². The lowest BCUT2D eigenvalue weighted by atomic mass is 10.3. The Balaban J connectivity index is 2.14. The number of nitrogens with one attached hydrogen (secondary N) is 1. The molecule has 2 aromatic heterocycles. The Morgan fingerprint density at radius 1 is 1.47 bits per heavy atom. The SMILES string of the molecule is Cc1ncsc1CN(C)c1cncc(NN)n1. The maximum absolute atomic E-state index is 5.30. The van der Waals surface area contributed by atoms with E-state index in [0.29, 0.717) is 5.82 Å². The van der Waals surface area contributed by atoms with Crippen molar-refractivity contribution in [2.45, 2.75) is 13.5 Å². The van der Waals surface area contributed by atoms with E-state index in [1.807, 2.05) is 24.4 Å². The second-order valence-corrected chi connectivity index (χ2v) is 4.56. The number of anilines is 2. The van der Waals surface area contributed by atoms with Crippen LogP contribution >= 0.6 is 11.3 Å². The zero-order chi connectivity index (χ0) is 12.3. The number of aromatic nitrogens is 3. The van der Waals surface area contributed by atoms with E-state index in [1.165, 1.54) is 4.88 Å². The quantitative estimate of drug-likeness (QED) is 0.626. The molecule has 0 spiro atoms. The molecule has 0 aromatic carbocycles. The van der Waals surface area contributed by atoms with Crippen LogP contribution in [0.1, 0.15) is 10.6 Å². The molecule has 0 radical (unpaired) electrons. The average Bonchev–Trinajstić information content (AvgIpc) is 2.75. The van der Waals surface area contributed by atoms with Crippen LogP contribution in [0.5, 0.6) is 0 Å². The number of nitrogens with zero attached hydrogens (tertiary/aromatic N) is 4. The second-order valence-electron chi connectivity index (χ2n) is 3.62. The zero-order valence-corrected chi connectivity index (χ0v) is 10.5. The average molecular weight is 250 g/mol. The van der Waals surface area contributed by atoms with E-state index < -0.39 is 0 Å². The van der Waals surface area contributed by atoms with Gasteiger partial charge in [0.15, 0.2) is 5.82 Å². The first-order chi connectivity index (χ1) is 8.20. The third kappa shape index (κ3) is 2.69. The smallest absolute Gasteiger partial charge is 0.160 e. The van der Waals surface area contributed by atoms with Gasteiger partial charge in [0.05, 0.1) is 30.1 Å². The molecule has 0 bridgehead atoms. The first kappa shape index (κ1) is 11.7. The third-order valence-corrected chi connectivity index (χ3v) is 3.31. The number of hydrogen-bond donors (Lipinski definition) is 2. The predicted molar refractivity (Wildman–Crippen MR) is 68.8 cm³/mol. The van der Waals surface area contributed by atoms with Gasteiger partial charge in [0.25, 0.3) is 0 Å². The summed E-state index contributed by atoms with van der Waals surface area (Å²) < 4.78 is 0. The van der Waals surface area contributed by atoms with Crippen molar-refractivity contribution in [1.29, 1.82) is 0 Å². The van der Waals surface area contributed by atoms with Gasteiger partial charge in [-0.3, -0.25) is 4.98 Å². The Morgan fingerprint density at radius 2 is 2.29 bits per heavy atom. The van der Waals surface area contributed by atoms with E-state index in [9.17, 15) is 0 Å². The van der Waals surface area contributed by atoms with Crippen LogP contribution in [0.3, 0.4) is 0 Å². The molecule has 0 fully saturated rings. The molecule has 7 heteroatoms. The number of hydrazine groups is 1. The summed E-state index contributed by atoms with van der Waals surface area (Å²) in [5.74, 6) is 6.62. The molecule has 0 atom stereocenters. The molecule has 2 rings (SSSR count). The normalized spacial score (nSPS) is 10.3. The lowest BCUT2D eigenvalue weighted by Crippen LogP contribution is -2.19. The maximum Gasteiger partial charge on any atom is 0.160 e. The van der Waals surface area contributed by atoms with Crippen molar-refractivity contribution in [3.05, 3.63) is 28.5 Å². The Morgan fingerprint density at radius 3 is 2.94 bits per heavy atom. The van der Waals surface area contributed by atoms with Gasteiger partial charge in [0.2, 0.25) is 0 Å². The molecule has 0 aliphatic heterocycles. The Hall–Kier alpha value is -1.73. The molecule has 0 aliphatic rings. The van der Waals surface area contributed by atoms with Crippen molar-refractivity contribution in [2.75, 3.05) is 17.4 Å². The first-order valence-electron chi connectivity index (χ1n) is 5.09. The van der Waals surface area contributed by atoms with Crippen molar-refractivity contribution in [3.63, 3.8) is 0 Å². The minimum Gasteiger partial charge on any atom is -0.353 e. The van der Waals surface area contributed by atoms with Crippen molar-refractivity contribution in [2.24, 2.45) is 5.84 Å². The molecule has 0 unspecified atom stereocenters. The molecule has 17 heavy (non-hydrogen) atoms. The molecule has 3 N–H and O–H groups in total. The van der Waals surface area contributed by atoms with Crippen LogP contribution in [-0.4, -0.2) is 22.0 Å². The van der Waals surface area contributed by atoms with Crippen molar-refractivity contribution < 1.29 is 0 Å². The van der Waals surface area contributed by atoms with Crippen LogP contribution in [0.4, 0.5) is 11.6 Å². The topological polar surface area (TPSA) is 80.0 Å². The third-order valence-electron chi connectivity index (χ3n) is 2.39. The number of rotatable bonds is 4.